The monoisotopic (exact) mass is 290 g/mol. The van der Waals surface area contributed by atoms with Crippen molar-refractivity contribution in [2.45, 2.75) is 13.5 Å². The van der Waals surface area contributed by atoms with Crippen LogP contribution in [0.4, 0.5) is 0 Å². The average Bonchev–Trinajstić information content (AvgIpc) is 3.00. The van der Waals surface area contributed by atoms with Gasteiger partial charge in [0.05, 0.1) is 17.1 Å². The van der Waals surface area contributed by atoms with Crippen molar-refractivity contribution < 1.29 is 0 Å². The molecule has 0 spiro atoms. The molecule has 108 valence electrons. The minimum Gasteiger partial charge on any atom is -0.315 e. The Morgan fingerprint density at radius 1 is 1.09 bits per heavy atom. The summed E-state index contributed by atoms with van der Waals surface area (Å²) >= 11 is 0. The van der Waals surface area contributed by atoms with Crippen molar-refractivity contribution in [1.29, 1.82) is 0 Å². The third kappa shape index (κ3) is 1.75. The highest BCUT2D eigenvalue weighted by molar-refractivity contribution is 5.84. The molecular weight excluding hydrogens is 276 g/mol. The number of benzene rings is 1. The normalized spacial score (nSPS) is 11.3. The van der Waals surface area contributed by atoms with Gasteiger partial charge in [-0.2, -0.15) is 5.10 Å². The van der Waals surface area contributed by atoms with Crippen molar-refractivity contribution in [2.75, 3.05) is 0 Å². The predicted octanol–water partition coefficient (Wildman–Crippen LogP) is 2.73. The van der Waals surface area contributed by atoms with Gasteiger partial charge in [-0.1, -0.05) is 30.3 Å². The van der Waals surface area contributed by atoms with Crippen LogP contribution in [-0.2, 0) is 6.54 Å². The van der Waals surface area contributed by atoms with E-state index in [1.54, 1.807) is 27.7 Å². The van der Waals surface area contributed by atoms with E-state index in [-0.39, 0.29) is 5.56 Å². The minimum atomic E-state index is -0.0360. The van der Waals surface area contributed by atoms with Gasteiger partial charge in [0.15, 0.2) is 5.65 Å². The summed E-state index contributed by atoms with van der Waals surface area (Å²) in [6.07, 6.45) is 5.24. The van der Waals surface area contributed by atoms with Gasteiger partial charge in [0, 0.05) is 24.5 Å². The van der Waals surface area contributed by atoms with Gasteiger partial charge in [0.1, 0.15) is 0 Å². The number of rotatable bonds is 2. The van der Waals surface area contributed by atoms with E-state index < -0.39 is 0 Å². The van der Waals surface area contributed by atoms with Crippen molar-refractivity contribution >= 4 is 16.6 Å². The smallest absolute Gasteiger partial charge is 0.261 e. The first kappa shape index (κ1) is 12.8. The van der Waals surface area contributed by atoms with Gasteiger partial charge in [-0.3, -0.25) is 4.79 Å². The van der Waals surface area contributed by atoms with Crippen molar-refractivity contribution in [3.05, 3.63) is 65.3 Å². The Bertz CT molecular complexity index is 1030. The molecule has 4 rings (SSSR count). The maximum Gasteiger partial charge on any atom is 0.261 e. The number of aromatic nitrogens is 4. The summed E-state index contributed by atoms with van der Waals surface area (Å²) < 4.78 is 3.40. The SMILES string of the molecule is CCn1ccc2c(cnc3c(-c4ccccc4)cnn32)c1=O. The fraction of sp³-hybridized carbons (Fsp3) is 0.118. The lowest BCUT2D eigenvalue weighted by atomic mass is 10.1. The van der Waals surface area contributed by atoms with E-state index in [4.69, 9.17) is 0 Å². The van der Waals surface area contributed by atoms with Crippen LogP contribution in [0.25, 0.3) is 27.7 Å². The second-order valence-corrected chi connectivity index (χ2v) is 5.12. The summed E-state index contributed by atoms with van der Waals surface area (Å²) in [4.78, 5) is 16.8. The second kappa shape index (κ2) is 4.80. The zero-order valence-electron chi connectivity index (χ0n) is 12.1. The Morgan fingerprint density at radius 2 is 1.91 bits per heavy atom. The number of hydrogen-bond acceptors (Lipinski definition) is 3. The van der Waals surface area contributed by atoms with E-state index in [1.165, 1.54) is 0 Å². The third-order valence-corrected chi connectivity index (χ3v) is 3.89. The number of fused-ring (bicyclic) bond motifs is 3. The van der Waals surface area contributed by atoms with E-state index in [0.717, 1.165) is 22.3 Å². The molecule has 1 aromatic carbocycles. The van der Waals surface area contributed by atoms with E-state index in [2.05, 4.69) is 10.1 Å². The Hall–Kier alpha value is -2.95. The fourth-order valence-corrected chi connectivity index (χ4v) is 2.73. The summed E-state index contributed by atoms with van der Waals surface area (Å²) in [5.74, 6) is 0. The van der Waals surface area contributed by atoms with Crippen LogP contribution >= 0.6 is 0 Å². The maximum absolute atomic E-state index is 12.4. The number of aryl methyl sites for hydroxylation is 1. The number of nitrogens with zero attached hydrogens (tertiary/aromatic N) is 4. The Morgan fingerprint density at radius 3 is 2.68 bits per heavy atom. The first-order chi connectivity index (χ1) is 10.8. The summed E-state index contributed by atoms with van der Waals surface area (Å²) in [6.45, 7) is 2.59. The van der Waals surface area contributed by atoms with Gasteiger partial charge in [0.2, 0.25) is 0 Å². The quantitative estimate of drug-likeness (QED) is 0.570. The molecule has 0 atom stereocenters. The lowest BCUT2D eigenvalue weighted by Gasteiger charge is -2.05. The zero-order chi connectivity index (χ0) is 15.1. The Labute approximate surface area is 126 Å². The van der Waals surface area contributed by atoms with Gasteiger partial charge >= 0.3 is 0 Å². The molecule has 0 amide bonds. The molecule has 5 heteroatoms. The maximum atomic E-state index is 12.4. The molecule has 0 fully saturated rings. The molecule has 0 saturated carbocycles. The minimum absolute atomic E-state index is 0.0360. The van der Waals surface area contributed by atoms with Gasteiger partial charge in [-0.15, -0.1) is 0 Å². The molecular formula is C17H14N4O. The third-order valence-electron chi connectivity index (χ3n) is 3.89. The largest absolute Gasteiger partial charge is 0.315 e. The summed E-state index contributed by atoms with van der Waals surface area (Å²) in [5.41, 5.74) is 3.52. The Kier molecular flexibility index (Phi) is 2.79. The van der Waals surface area contributed by atoms with Gasteiger partial charge < -0.3 is 4.57 Å². The first-order valence-corrected chi connectivity index (χ1v) is 7.21. The highest BCUT2D eigenvalue weighted by atomic mass is 16.1. The molecule has 0 bridgehead atoms. The fourth-order valence-electron chi connectivity index (χ4n) is 2.73. The van der Waals surface area contributed by atoms with E-state index in [9.17, 15) is 4.79 Å². The molecule has 3 heterocycles. The average molecular weight is 290 g/mol. The van der Waals surface area contributed by atoms with Crippen molar-refractivity contribution in [1.82, 2.24) is 19.2 Å². The van der Waals surface area contributed by atoms with E-state index in [1.807, 2.05) is 43.3 Å². The van der Waals surface area contributed by atoms with Crippen LogP contribution in [0.2, 0.25) is 0 Å². The number of pyridine rings is 1. The molecule has 4 aromatic rings. The van der Waals surface area contributed by atoms with Crippen LogP contribution < -0.4 is 5.56 Å². The summed E-state index contributed by atoms with van der Waals surface area (Å²) in [5, 5.41) is 5.01. The molecule has 0 N–H and O–H groups in total. The predicted molar refractivity (Wildman–Crippen MR) is 85.9 cm³/mol. The lowest BCUT2D eigenvalue weighted by Crippen LogP contribution is -2.19. The highest BCUT2D eigenvalue weighted by Crippen LogP contribution is 2.24. The van der Waals surface area contributed by atoms with Crippen LogP contribution in [0.15, 0.2) is 59.8 Å². The Balaban J connectivity index is 2.05. The molecule has 3 aromatic heterocycles. The second-order valence-electron chi connectivity index (χ2n) is 5.12. The standard InChI is InChI=1S/C17H14N4O/c1-2-20-9-8-15-14(17(20)22)10-18-16-13(11-19-21(15)16)12-6-4-3-5-7-12/h3-11H,2H2,1H3. The highest BCUT2D eigenvalue weighted by Gasteiger charge is 2.12. The molecule has 0 unspecified atom stereocenters. The van der Waals surface area contributed by atoms with Crippen LogP contribution in [0.1, 0.15) is 6.92 Å². The van der Waals surface area contributed by atoms with Crippen molar-refractivity contribution in [3.63, 3.8) is 0 Å². The molecule has 0 aliphatic heterocycles. The molecule has 22 heavy (non-hydrogen) atoms. The molecule has 5 nitrogen and oxygen atoms in total. The van der Waals surface area contributed by atoms with Gasteiger partial charge in [-0.05, 0) is 18.6 Å². The van der Waals surface area contributed by atoms with E-state index >= 15 is 0 Å². The van der Waals surface area contributed by atoms with Crippen molar-refractivity contribution in [2.24, 2.45) is 0 Å². The van der Waals surface area contributed by atoms with Crippen LogP contribution in [0.3, 0.4) is 0 Å². The van der Waals surface area contributed by atoms with Crippen LogP contribution in [0, 0.1) is 0 Å². The lowest BCUT2D eigenvalue weighted by molar-refractivity contribution is 0.733. The molecule has 0 aliphatic carbocycles. The van der Waals surface area contributed by atoms with Gasteiger partial charge in [-0.25, -0.2) is 9.50 Å². The molecule has 0 aliphatic rings. The van der Waals surface area contributed by atoms with Crippen molar-refractivity contribution in [3.8, 4) is 11.1 Å². The topological polar surface area (TPSA) is 52.2 Å². The van der Waals surface area contributed by atoms with Gasteiger partial charge in [0.25, 0.3) is 5.56 Å². The first-order valence-electron chi connectivity index (χ1n) is 7.21. The summed E-state index contributed by atoms with van der Waals surface area (Å²) in [6, 6.07) is 11.9. The summed E-state index contributed by atoms with van der Waals surface area (Å²) in [7, 11) is 0. The zero-order valence-corrected chi connectivity index (χ0v) is 12.1. The molecule has 0 saturated heterocycles. The molecule has 0 radical (unpaired) electrons. The number of hydrogen-bond donors (Lipinski definition) is 0. The van der Waals surface area contributed by atoms with E-state index in [0.29, 0.717) is 11.9 Å². The van der Waals surface area contributed by atoms with Crippen LogP contribution in [0.5, 0.6) is 0 Å². The van der Waals surface area contributed by atoms with Crippen LogP contribution in [-0.4, -0.2) is 19.2 Å².